The molecule has 0 bridgehead atoms. The van der Waals surface area contributed by atoms with Crippen LogP contribution >= 0.6 is 0 Å². The van der Waals surface area contributed by atoms with Crippen molar-refractivity contribution < 1.29 is 29.4 Å². The Morgan fingerprint density at radius 1 is 0.917 bits per heavy atom. The van der Waals surface area contributed by atoms with E-state index < -0.39 is 41.9 Å². The zero-order chi connectivity index (χ0) is 17.9. The maximum absolute atomic E-state index is 11.8. The van der Waals surface area contributed by atoms with Gasteiger partial charge >= 0.3 is 0 Å². The molecule has 0 aliphatic carbocycles. The van der Waals surface area contributed by atoms with Crippen molar-refractivity contribution in [3.8, 4) is 0 Å². The van der Waals surface area contributed by atoms with Crippen molar-refractivity contribution >= 4 is 23.6 Å². The minimum absolute atomic E-state index is 0.0248. The fourth-order valence-electron chi connectivity index (χ4n) is 2.74. The average molecular weight is 336 g/mol. The second kappa shape index (κ2) is 7.50. The Morgan fingerprint density at radius 2 is 1.42 bits per heavy atom. The second-order valence-corrected chi connectivity index (χ2v) is 5.88. The number of aliphatic hydroxyl groups excluding tert-OH is 2. The van der Waals surface area contributed by atoms with Gasteiger partial charge in [0.2, 0.25) is 0 Å². The van der Waals surface area contributed by atoms with E-state index in [9.17, 15) is 29.4 Å². The molecule has 2 N–H and O–H groups in total. The molecule has 2 aliphatic heterocycles. The molecule has 0 aromatic carbocycles. The van der Waals surface area contributed by atoms with Gasteiger partial charge in [-0.1, -0.05) is 0 Å². The zero-order valence-corrected chi connectivity index (χ0v) is 13.3. The minimum atomic E-state index is -1.09. The highest BCUT2D eigenvalue weighted by molar-refractivity contribution is 6.13. The number of hydrogen-bond acceptors (Lipinski definition) is 6. The van der Waals surface area contributed by atoms with Crippen molar-refractivity contribution in [2.75, 3.05) is 6.54 Å². The van der Waals surface area contributed by atoms with Crippen LogP contribution in [0.25, 0.3) is 0 Å². The molecular formula is C16H20N2O6. The van der Waals surface area contributed by atoms with Gasteiger partial charge in [0.25, 0.3) is 23.6 Å². The summed E-state index contributed by atoms with van der Waals surface area (Å²) in [6, 6.07) is -0.620. The van der Waals surface area contributed by atoms with Crippen LogP contribution in [0.3, 0.4) is 0 Å². The highest BCUT2D eigenvalue weighted by Crippen LogP contribution is 2.20. The average Bonchev–Trinajstić information content (AvgIpc) is 3.01. The molecule has 0 spiro atoms. The van der Waals surface area contributed by atoms with Gasteiger partial charge in [-0.2, -0.15) is 0 Å². The third-order valence-corrected chi connectivity index (χ3v) is 4.10. The Bertz CT molecular complexity index is 574. The lowest BCUT2D eigenvalue weighted by Gasteiger charge is -2.29. The van der Waals surface area contributed by atoms with E-state index in [4.69, 9.17) is 0 Å². The molecule has 3 unspecified atom stereocenters. The van der Waals surface area contributed by atoms with Crippen molar-refractivity contribution in [2.45, 2.75) is 44.4 Å². The van der Waals surface area contributed by atoms with Gasteiger partial charge in [0.05, 0.1) is 12.2 Å². The van der Waals surface area contributed by atoms with E-state index in [1.54, 1.807) is 0 Å². The normalized spacial score (nSPS) is 21.1. The molecule has 0 fully saturated rings. The topological polar surface area (TPSA) is 115 Å². The first kappa shape index (κ1) is 18.0. The number of aliphatic hydroxyl groups is 2. The molecule has 3 atom stereocenters. The molecule has 0 aromatic rings. The lowest BCUT2D eigenvalue weighted by molar-refractivity contribution is -0.142. The van der Waals surface area contributed by atoms with Gasteiger partial charge in [-0.25, -0.2) is 0 Å². The van der Waals surface area contributed by atoms with Gasteiger partial charge in [0, 0.05) is 36.9 Å². The van der Waals surface area contributed by atoms with E-state index in [1.165, 1.54) is 19.1 Å². The summed E-state index contributed by atoms with van der Waals surface area (Å²) >= 11 is 0. The van der Waals surface area contributed by atoms with Gasteiger partial charge in [-0.3, -0.25) is 29.0 Å². The lowest BCUT2D eigenvalue weighted by Crippen LogP contribution is -2.44. The Balaban J connectivity index is 1.98. The fraction of sp³-hybridized carbons (Fsp3) is 0.500. The number of amides is 4. The highest BCUT2D eigenvalue weighted by atomic mass is 16.3. The Kier molecular flexibility index (Phi) is 5.63. The smallest absolute Gasteiger partial charge is 0.253 e. The maximum atomic E-state index is 11.8. The van der Waals surface area contributed by atoms with Crippen LogP contribution in [-0.2, 0) is 19.2 Å². The van der Waals surface area contributed by atoms with E-state index in [0.29, 0.717) is 12.8 Å². The Hall–Kier alpha value is -2.32. The van der Waals surface area contributed by atoms with Crippen LogP contribution in [0.4, 0.5) is 0 Å². The van der Waals surface area contributed by atoms with Gasteiger partial charge < -0.3 is 10.2 Å². The summed E-state index contributed by atoms with van der Waals surface area (Å²) in [5.74, 6) is -1.73. The standard InChI is InChI=1S/C16H20N2O6/c1-10(19)12(20)9-11(18-15(23)6-7-16(18)24)3-2-8-17-13(21)4-5-14(17)22/h4-7,10-12,19-20H,2-3,8-9H2,1H3. The van der Waals surface area contributed by atoms with Gasteiger partial charge in [0.15, 0.2) is 0 Å². The largest absolute Gasteiger partial charge is 0.391 e. The van der Waals surface area contributed by atoms with Crippen LogP contribution in [-0.4, -0.2) is 68.4 Å². The molecule has 0 saturated carbocycles. The number of carbonyl (C=O) groups excluding carboxylic acids is 4. The summed E-state index contributed by atoms with van der Waals surface area (Å²) in [7, 11) is 0. The van der Waals surface area contributed by atoms with Gasteiger partial charge in [-0.15, -0.1) is 0 Å². The van der Waals surface area contributed by atoms with Gasteiger partial charge in [0.1, 0.15) is 0 Å². The van der Waals surface area contributed by atoms with Crippen LogP contribution in [0.2, 0.25) is 0 Å². The highest BCUT2D eigenvalue weighted by Gasteiger charge is 2.33. The van der Waals surface area contributed by atoms with Crippen LogP contribution in [0.15, 0.2) is 24.3 Å². The van der Waals surface area contributed by atoms with Gasteiger partial charge in [-0.05, 0) is 26.2 Å². The molecular weight excluding hydrogens is 316 g/mol. The van der Waals surface area contributed by atoms with Crippen molar-refractivity contribution in [2.24, 2.45) is 0 Å². The molecule has 0 radical (unpaired) electrons. The SMILES string of the molecule is CC(O)C(O)CC(CCCN1C(=O)C=CC1=O)N1C(=O)C=CC1=O. The fourth-order valence-corrected chi connectivity index (χ4v) is 2.74. The Morgan fingerprint density at radius 3 is 1.92 bits per heavy atom. The first-order chi connectivity index (χ1) is 11.3. The predicted molar refractivity (Wildman–Crippen MR) is 82.2 cm³/mol. The summed E-state index contributed by atoms with van der Waals surface area (Å²) in [6.45, 7) is 1.58. The summed E-state index contributed by atoms with van der Waals surface area (Å²) < 4.78 is 0. The Labute approximate surface area is 139 Å². The van der Waals surface area contributed by atoms with E-state index >= 15 is 0 Å². The molecule has 2 heterocycles. The molecule has 0 aromatic heterocycles. The third kappa shape index (κ3) is 3.95. The van der Waals surface area contributed by atoms with Crippen molar-refractivity contribution in [1.82, 2.24) is 9.80 Å². The maximum Gasteiger partial charge on any atom is 0.253 e. The number of nitrogens with zero attached hydrogens (tertiary/aromatic N) is 2. The second-order valence-electron chi connectivity index (χ2n) is 5.88. The molecule has 8 heteroatoms. The van der Waals surface area contributed by atoms with E-state index in [2.05, 4.69) is 0 Å². The summed E-state index contributed by atoms with van der Waals surface area (Å²) in [6.07, 6.45) is 3.29. The molecule has 8 nitrogen and oxygen atoms in total. The molecule has 0 saturated heterocycles. The quantitative estimate of drug-likeness (QED) is 0.556. The molecule has 24 heavy (non-hydrogen) atoms. The molecule has 2 rings (SSSR count). The molecule has 2 aliphatic rings. The van der Waals surface area contributed by atoms with Crippen molar-refractivity contribution in [3.05, 3.63) is 24.3 Å². The first-order valence-electron chi connectivity index (χ1n) is 7.76. The van der Waals surface area contributed by atoms with E-state index in [-0.39, 0.29) is 13.0 Å². The summed E-state index contributed by atoms with van der Waals surface area (Å²) in [5.41, 5.74) is 0. The van der Waals surface area contributed by atoms with Crippen molar-refractivity contribution in [3.63, 3.8) is 0 Å². The predicted octanol–water partition coefficient (Wildman–Crippen LogP) is -0.883. The summed E-state index contributed by atoms with van der Waals surface area (Å²) in [5, 5.41) is 19.3. The van der Waals surface area contributed by atoms with Crippen LogP contribution < -0.4 is 0 Å². The number of hydrogen-bond donors (Lipinski definition) is 2. The monoisotopic (exact) mass is 336 g/mol. The molecule has 130 valence electrons. The van der Waals surface area contributed by atoms with Crippen LogP contribution in [0, 0.1) is 0 Å². The lowest BCUT2D eigenvalue weighted by atomic mass is 9.99. The first-order valence-corrected chi connectivity index (χ1v) is 7.76. The molecule has 4 amide bonds. The van der Waals surface area contributed by atoms with E-state index in [0.717, 1.165) is 22.0 Å². The number of imide groups is 2. The number of rotatable bonds is 8. The van der Waals surface area contributed by atoms with Crippen LogP contribution in [0.5, 0.6) is 0 Å². The van der Waals surface area contributed by atoms with E-state index in [1.807, 2.05) is 0 Å². The number of carbonyl (C=O) groups is 4. The summed E-state index contributed by atoms with van der Waals surface area (Å²) in [4.78, 5) is 48.8. The van der Waals surface area contributed by atoms with Crippen LogP contribution in [0.1, 0.15) is 26.2 Å². The minimum Gasteiger partial charge on any atom is -0.391 e. The third-order valence-electron chi connectivity index (χ3n) is 4.10. The zero-order valence-electron chi connectivity index (χ0n) is 13.3. The van der Waals surface area contributed by atoms with Crippen molar-refractivity contribution in [1.29, 1.82) is 0 Å².